The van der Waals surface area contributed by atoms with Gasteiger partial charge in [-0.1, -0.05) is 17.7 Å². The lowest BCUT2D eigenvalue weighted by molar-refractivity contribution is -0.124. The fraction of sp³-hybridized carbons (Fsp3) is 0.412. The smallest absolute Gasteiger partial charge is 0.255 e. The Bertz CT molecular complexity index is 679. The lowest BCUT2D eigenvalue weighted by atomic mass is 9.98. The number of benzene rings is 1. The molecule has 1 aromatic heterocycles. The van der Waals surface area contributed by atoms with Gasteiger partial charge < -0.3 is 4.74 Å². The van der Waals surface area contributed by atoms with E-state index in [0.29, 0.717) is 11.7 Å². The highest BCUT2D eigenvalue weighted by atomic mass is 32.1. The Labute approximate surface area is 134 Å². The molecule has 1 aromatic carbocycles. The second-order valence-corrected chi connectivity index (χ2v) is 6.66. The third-order valence-electron chi connectivity index (χ3n) is 3.89. The Morgan fingerprint density at radius 3 is 2.68 bits per heavy atom. The van der Waals surface area contributed by atoms with E-state index in [1.54, 1.807) is 0 Å². The number of anilines is 1. The number of ether oxygens (including phenoxy) is 1. The largest absolute Gasteiger partial charge is 0.368 e. The molecule has 0 radical (unpaired) electrons. The fourth-order valence-corrected chi connectivity index (χ4v) is 3.70. The Morgan fingerprint density at radius 1 is 1.32 bits per heavy atom. The molecule has 2 aromatic rings. The van der Waals surface area contributed by atoms with Crippen molar-refractivity contribution in [1.82, 2.24) is 4.98 Å². The van der Waals surface area contributed by atoms with Crippen molar-refractivity contribution in [2.75, 3.05) is 11.9 Å². The zero-order chi connectivity index (χ0) is 15.7. The first-order chi connectivity index (χ1) is 10.5. The van der Waals surface area contributed by atoms with Gasteiger partial charge in [-0.2, -0.15) is 0 Å². The first-order valence-electron chi connectivity index (χ1n) is 7.51. The van der Waals surface area contributed by atoms with Gasteiger partial charge in [-0.05, 0) is 44.7 Å². The topological polar surface area (TPSA) is 51.2 Å². The first-order valence-corrected chi connectivity index (χ1v) is 8.39. The minimum absolute atomic E-state index is 0.0873. The Morgan fingerprint density at radius 2 is 2.05 bits per heavy atom. The Kier molecular flexibility index (Phi) is 4.27. The molecule has 1 saturated heterocycles. The number of aromatic nitrogens is 1. The molecule has 5 heteroatoms. The normalized spacial score (nSPS) is 17.7. The van der Waals surface area contributed by atoms with Gasteiger partial charge in [0.1, 0.15) is 6.10 Å². The summed E-state index contributed by atoms with van der Waals surface area (Å²) in [5.41, 5.74) is 5.74. The van der Waals surface area contributed by atoms with Crippen molar-refractivity contribution in [3.63, 3.8) is 0 Å². The third kappa shape index (κ3) is 3.05. The quantitative estimate of drug-likeness (QED) is 0.935. The van der Waals surface area contributed by atoms with Crippen LogP contribution in [0.25, 0.3) is 11.3 Å². The van der Waals surface area contributed by atoms with Crippen LogP contribution in [0.5, 0.6) is 0 Å². The van der Waals surface area contributed by atoms with Crippen LogP contribution in [0.4, 0.5) is 5.13 Å². The van der Waals surface area contributed by atoms with E-state index in [1.807, 2.05) is 5.38 Å². The maximum Gasteiger partial charge on any atom is 0.255 e. The molecule has 1 fully saturated rings. The average molecular weight is 316 g/mol. The number of carbonyl (C=O) groups is 1. The van der Waals surface area contributed by atoms with Crippen LogP contribution in [0.2, 0.25) is 0 Å². The number of amides is 1. The maximum atomic E-state index is 12.1. The van der Waals surface area contributed by atoms with E-state index in [1.165, 1.54) is 28.0 Å². The van der Waals surface area contributed by atoms with Gasteiger partial charge in [0, 0.05) is 17.6 Å². The highest BCUT2D eigenvalue weighted by Gasteiger charge is 2.24. The summed E-state index contributed by atoms with van der Waals surface area (Å²) in [7, 11) is 0. The molecule has 2 heterocycles. The number of nitrogens with one attached hydrogen (secondary N) is 1. The number of rotatable bonds is 3. The molecule has 0 saturated carbocycles. The van der Waals surface area contributed by atoms with Crippen molar-refractivity contribution in [2.24, 2.45) is 0 Å². The predicted octanol–water partition coefficient (Wildman–Crippen LogP) is 3.85. The number of aryl methyl sites for hydroxylation is 3. The number of thiazole rings is 1. The van der Waals surface area contributed by atoms with E-state index in [2.05, 4.69) is 43.2 Å². The summed E-state index contributed by atoms with van der Waals surface area (Å²) in [5, 5.41) is 5.50. The molecule has 22 heavy (non-hydrogen) atoms. The zero-order valence-electron chi connectivity index (χ0n) is 13.1. The number of nitrogens with zero attached hydrogens (tertiary/aromatic N) is 1. The van der Waals surface area contributed by atoms with E-state index in [4.69, 9.17) is 4.74 Å². The van der Waals surface area contributed by atoms with Crippen LogP contribution in [0.1, 0.15) is 29.5 Å². The summed E-state index contributed by atoms with van der Waals surface area (Å²) in [6, 6.07) is 4.32. The van der Waals surface area contributed by atoms with Crippen LogP contribution in [0.15, 0.2) is 17.5 Å². The van der Waals surface area contributed by atoms with E-state index < -0.39 is 0 Å². The second kappa shape index (κ2) is 6.18. The maximum absolute atomic E-state index is 12.1. The summed E-state index contributed by atoms with van der Waals surface area (Å²) in [5.74, 6) is -0.0873. The van der Waals surface area contributed by atoms with Gasteiger partial charge in [-0.15, -0.1) is 11.3 Å². The molecular weight excluding hydrogens is 296 g/mol. The first kappa shape index (κ1) is 15.2. The molecule has 1 N–H and O–H groups in total. The molecule has 1 amide bonds. The summed E-state index contributed by atoms with van der Waals surface area (Å²) in [6.45, 7) is 6.96. The van der Waals surface area contributed by atoms with Crippen LogP contribution in [0, 0.1) is 20.8 Å². The highest BCUT2D eigenvalue weighted by molar-refractivity contribution is 7.14. The van der Waals surface area contributed by atoms with Crippen molar-refractivity contribution in [3.05, 3.63) is 34.2 Å². The second-order valence-electron chi connectivity index (χ2n) is 5.80. The van der Waals surface area contributed by atoms with Gasteiger partial charge >= 0.3 is 0 Å². The number of hydrogen-bond acceptors (Lipinski definition) is 4. The summed E-state index contributed by atoms with van der Waals surface area (Å²) < 4.78 is 5.39. The molecular formula is C17H20N2O2S. The Hall–Kier alpha value is -1.72. The molecule has 3 rings (SSSR count). The number of carbonyl (C=O) groups excluding carboxylic acids is 1. The van der Waals surface area contributed by atoms with Gasteiger partial charge in [0.25, 0.3) is 5.91 Å². The van der Waals surface area contributed by atoms with Crippen LogP contribution < -0.4 is 5.32 Å². The molecule has 0 unspecified atom stereocenters. The van der Waals surface area contributed by atoms with E-state index >= 15 is 0 Å². The summed E-state index contributed by atoms with van der Waals surface area (Å²) >= 11 is 1.45. The standard InChI is InChI=1S/C17H20N2O2S/c1-10-7-11(2)15(12(3)8-10)13-9-22-17(18-13)19-16(20)14-5-4-6-21-14/h7-9,14H,4-6H2,1-3H3,(H,18,19,20)/t14-/m0/s1. The minimum atomic E-state index is -0.324. The van der Waals surface area contributed by atoms with Crippen molar-refractivity contribution < 1.29 is 9.53 Å². The van der Waals surface area contributed by atoms with Crippen molar-refractivity contribution in [2.45, 2.75) is 39.7 Å². The van der Waals surface area contributed by atoms with Crippen LogP contribution in [-0.4, -0.2) is 23.6 Å². The van der Waals surface area contributed by atoms with Gasteiger partial charge in [0.2, 0.25) is 0 Å². The van der Waals surface area contributed by atoms with Crippen molar-refractivity contribution in [1.29, 1.82) is 0 Å². The summed E-state index contributed by atoms with van der Waals surface area (Å²) in [6.07, 6.45) is 1.42. The SMILES string of the molecule is Cc1cc(C)c(-c2csc(NC(=O)[C@@H]3CCCO3)n2)c(C)c1. The van der Waals surface area contributed by atoms with Crippen LogP contribution in [0.3, 0.4) is 0 Å². The molecule has 1 atom stereocenters. The molecule has 1 aliphatic rings. The van der Waals surface area contributed by atoms with Gasteiger partial charge in [-0.25, -0.2) is 4.98 Å². The molecule has 0 bridgehead atoms. The van der Waals surface area contributed by atoms with E-state index in [0.717, 1.165) is 24.1 Å². The minimum Gasteiger partial charge on any atom is -0.368 e. The summed E-state index contributed by atoms with van der Waals surface area (Å²) in [4.78, 5) is 16.6. The van der Waals surface area contributed by atoms with E-state index in [-0.39, 0.29) is 12.0 Å². The zero-order valence-corrected chi connectivity index (χ0v) is 13.9. The molecule has 4 nitrogen and oxygen atoms in total. The Balaban J connectivity index is 1.80. The average Bonchev–Trinajstić information content (AvgIpc) is 3.08. The lowest BCUT2D eigenvalue weighted by Gasteiger charge is -2.09. The monoisotopic (exact) mass is 316 g/mol. The van der Waals surface area contributed by atoms with Crippen LogP contribution in [-0.2, 0) is 9.53 Å². The van der Waals surface area contributed by atoms with Crippen LogP contribution >= 0.6 is 11.3 Å². The van der Waals surface area contributed by atoms with E-state index in [9.17, 15) is 4.79 Å². The molecule has 116 valence electrons. The molecule has 0 spiro atoms. The fourth-order valence-electron chi connectivity index (χ4n) is 3.00. The highest BCUT2D eigenvalue weighted by Crippen LogP contribution is 2.31. The van der Waals surface area contributed by atoms with Crippen molar-refractivity contribution >= 4 is 22.4 Å². The van der Waals surface area contributed by atoms with Crippen molar-refractivity contribution in [3.8, 4) is 11.3 Å². The van der Waals surface area contributed by atoms with Gasteiger partial charge in [0.15, 0.2) is 5.13 Å². The molecule has 1 aliphatic heterocycles. The lowest BCUT2D eigenvalue weighted by Crippen LogP contribution is -2.26. The number of hydrogen-bond donors (Lipinski definition) is 1. The van der Waals surface area contributed by atoms with Gasteiger partial charge in [-0.3, -0.25) is 10.1 Å². The van der Waals surface area contributed by atoms with Gasteiger partial charge in [0.05, 0.1) is 5.69 Å². The predicted molar refractivity (Wildman–Crippen MR) is 89.4 cm³/mol. The molecule has 0 aliphatic carbocycles. The third-order valence-corrected chi connectivity index (χ3v) is 4.65.